The molecule has 20 heavy (non-hydrogen) atoms. The van der Waals surface area contributed by atoms with Gasteiger partial charge in [0.15, 0.2) is 0 Å². The zero-order valence-corrected chi connectivity index (χ0v) is 11.7. The smallest absolute Gasteiger partial charge is 0.379 e. The number of rotatable bonds is 4. The highest BCUT2D eigenvalue weighted by Gasteiger charge is 2.17. The maximum absolute atomic E-state index is 11.7. The number of carbonyl (C=O) groups is 2. The van der Waals surface area contributed by atoms with E-state index in [0.29, 0.717) is 10.6 Å². The van der Waals surface area contributed by atoms with Gasteiger partial charge in [0.05, 0.1) is 6.61 Å². The molecule has 0 atom stereocenters. The minimum Gasteiger partial charge on any atom is -0.460 e. The van der Waals surface area contributed by atoms with E-state index in [9.17, 15) is 9.59 Å². The highest BCUT2D eigenvalue weighted by Crippen LogP contribution is 2.27. The predicted molar refractivity (Wildman–Crippen MR) is 77.9 cm³/mol. The Morgan fingerprint density at radius 1 is 1.05 bits per heavy atom. The number of benzene rings is 2. The Balaban J connectivity index is 2.25. The third-order valence-corrected chi connectivity index (χ3v) is 3.12. The summed E-state index contributed by atoms with van der Waals surface area (Å²) < 4.78 is 4.68. The minimum absolute atomic E-state index is 0.183. The molecule has 0 unspecified atom stereocenters. The molecule has 0 aliphatic rings. The van der Waals surface area contributed by atoms with Gasteiger partial charge in [-0.25, -0.2) is 4.79 Å². The van der Waals surface area contributed by atoms with Crippen LogP contribution in [0.4, 0.5) is 0 Å². The summed E-state index contributed by atoms with van der Waals surface area (Å²) in [4.78, 5) is 23.1. The summed E-state index contributed by atoms with van der Waals surface area (Å²) in [5.74, 6) is -1.48. The summed E-state index contributed by atoms with van der Waals surface area (Å²) in [7, 11) is 0. The van der Waals surface area contributed by atoms with Gasteiger partial charge in [-0.3, -0.25) is 4.79 Å². The Morgan fingerprint density at radius 3 is 2.30 bits per heavy atom. The molecule has 0 spiro atoms. The Bertz CT molecular complexity index is 632. The molecular formula is C16H13ClO3. The van der Waals surface area contributed by atoms with Gasteiger partial charge >= 0.3 is 5.97 Å². The normalized spacial score (nSPS) is 10.1. The van der Waals surface area contributed by atoms with Crippen LogP contribution in [0.2, 0.25) is 5.02 Å². The van der Waals surface area contributed by atoms with Crippen molar-refractivity contribution in [2.24, 2.45) is 0 Å². The number of halogens is 1. The number of ketones is 1. The number of hydrogen-bond donors (Lipinski definition) is 0. The molecule has 0 aliphatic carbocycles. The van der Waals surface area contributed by atoms with Crippen molar-refractivity contribution in [2.75, 3.05) is 6.61 Å². The number of hydrogen-bond acceptors (Lipinski definition) is 3. The fraction of sp³-hybridized carbons (Fsp3) is 0.125. The van der Waals surface area contributed by atoms with Crippen molar-refractivity contribution in [2.45, 2.75) is 6.92 Å². The molecule has 0 aliphatic heterocycles. The van der Waals surface area contributed by atoms with Crippen LogP contribution in [0.3, 0.4) is 0 Å². The van der Waals surface area contributed by atoms with Crippen molar-refractivity contribution >= 4 is 23.4 Å². The highest BCUT2D eigenvalue weighted by atomic mass is 35.5. The molecule has 0 N–H and O–H groups in total. The number of Topliss-reactive ketones (excluding diaryl/α,β-unsaturated/α-hetero) is 1. The van der Waals surface area contributed by atoms with Crippen LogP contribution in [-0.4, -0.2) is 18.4 Å². The first kappa shape index (κ1) is 14.3. The quantitative estimate of drug-likeness (QED) is 0.489. The Morgan fingerprint density at radius 2 is 1.70 bits per heavy atom. The summed E-state index contributed by atoms with van der Waals surface area (Å²) in [5, 5.41) is 0.636. The minimum atomic E-state index is -0.835. The number of esters is 1. The number of carbonyl (C=O) groups excluding carboxylic acids is 2. The lowest BCUT2D eigenvalue weighted by atomic mass is 10.0. The van der Waals surface area contributed by atoms with Gasteiger partial charge in [-0.1, -0.05) is 54.1 Å². The second kappa shape index (κ2) is 6.35. The summed E-state index contributed by atoms with van der Waals surface area (Å²) in [5.41, 5.74) is 2.07. The molecular weight excluding hydrogens is 276 g/mol. The van der Waals surface area contributed by atoms with E-state index in [1.54, 1.807) is 37.3 Å². The van der Waals surface area contributed by atoms with Crippen molar-refractivity contribution in [3.05, 3.63) is 59.1 Å². The SMILES string of the molecule is CCOC(=O)C(=O)c1ccc(-c2ccccc2Cl)cc1. The van der Waals surface area contributed by atoms with E-state index in [-0.39, 0.29) is 6.61 Å². The zero-order valence-electron chi connectivity index (χ0n) is 10.9. The van der Waals surface area contributed by atoms with E-state index >= 15 is 0 Å². The third kappa shape index (κ3) is 3.06. The summed E-state index contributed by atoms with van der Waals surface area (Å²) >= 11 is 6.11. The van der Waals surface area contributed by atoms with E-state index < -0.39 is 11.8 Å². The molecule has 0 saturated heterocycles. The van der Waals surface area contributed by atoms with Crippen molar-refractivity contribution in [3.63, 3.8) is 0 Å². The first-order valence-corrected chi connectivity index (χ1v) is 6.57. The summed E-state index contributed by atoms with van der Waals surface area (Å²) in [6.45, 7) is 1.84. The van der Waals surface area contributed by atoms with Crippen LogP contribution in [0.5, 0.6) is 0 Å². The average Bonchev–Trinajstić information content (AvgIpc) is 2.47. The van der Waals surface area contributed by atoms with Gasteiger partial charge in [0.2, 0.25) is 0 Å². The van der Waals surface area contributed by atoms with Gasteiger partial charge in [0.1, 0.15) is 0 Å². The lowest BCUT2D eigenvalue weighted by Crippen LogP contribution is -2.17. The monoisotopic (exact) mass is 288 g/mol. The molecule has 102 valence electrons. The first-order chi connectivity index (χ1) is 9.63. The molecule has 3 nitrogen and oxygen atoms in total. The Hall–Kier alpha value is -2.13. The van der Waals surface area contributed by atoms with Crippen LogP contribution in [0.15, 0.2) is 48.5 Å². The predicted octanol–water partition coefficient (Wildman–Crippen LogP) is 3.75. The average molecular weight is 289 g/mol. The molecule has 0 fully saturated rings. The fourth-order valence-corrected chi connectivity index (χ4v) is 2.06. The fourth-order valence-electron chi connectivity index (χ4n) is 1.81. The van der Waals surface area contributed by atoms with E-state index in [2.05, 4.69) is 4.74 Å². The second-order valence-electron chi connectivity index (χ2n) is 4.11. The van der Waals surface area contributed by atoms with Crippen LogP contribution in [0.25, 0.3) is 11.1 Å². The lowest BCUT2D eigenvalue weighted by Gasteiger charge is -2.05. The Labute approximate surface area is 122 Å². The molecule has 0 bridgehead atoms. The van der Waals surface area contributed by atoms with Gasteiger partial charge in [0, 0.05) is 16.1 Å². The molecule has 2 rings (SSSR count). The van der Waals surface area contributed by atoms with Gasteiger partial charge in [-0.15, -0.1) is 0 Å². The van der Waals surface area contributed by atoms with Crippen molar-refractivity contribution in [1.82, 2.24) is 0 Å². The number of ether oxygens (including phenoxy) is 1. The summed E-state index contributed by atoms with van der Waals surface area (Å²) in [6.07, 6.45) is 0. The van der Waals surface area contributed by atoms with Crippen LogP contribution in [0.1, 0.15) is 17.3 Å². The molecule has 0 saturated carbocycles. The van der Waals surface area contributed by atoms with Crippen molar-refractivity contribution < 1.29 is 14.3 Å². The van der Waals surface area contributed by atoms with Crippen molar-refractivity contribution in [1.29, 1.82) is 0 Å². The molecule has 0 amide bonds. The van der Waals surface area contributed by atoms with E-state index in [4.69, 9.17) is 11.6 Å². The summed E-state index contributed by atoms with van der Waals surface area (Å²) in [6, 6.07) is 14.1. The van der Waals surface area contributed by atoms with Crippen LogP contribution in [0, 0.1) is 0 Å². The zero-order chi connectivity index (χ0) is 14.5. The molecule has 4 heteroatoms. The van der Waals surface area contributed by atoms with Crippen molar-refractivity contribution in [3.8, 4) is 11.1 Å². The van der Waals surface area contributed by atoms with Gasteiger partial charge in [-0.05, 0) is 18.6 Å². The molecule has 2 aromatic rings. The molecule has 2 aromatic carbocycles. The van der Waals surface area contributed by atoms with Crippen LogP contribution < -0.4 is 0 Å². The maximum atomic E-state index is 11.7. The molecule has 0 heterocycles. The molecule has 0 radical (unpaired) electrons. The van der Waals surface area contributed by atoms with Crippen LogP contribution in [-0.2, 0) is 9.53 Å². The van der Waals surface area contributed by atoms with Gasteiger partial charge in [-0.2, -0.15) is 0 Å². The second-order valence-corrected chi connectivity index (χ2v) is 4.51. The lowest BCUT2D eigenvalue weighted by molar-refractivity contribution is -0.137. The third-order valence-electron chi connectivity index (χ3n) is 2.79. The van der Waals surface area contributed by atoms with E-state index in [0.717, 1.165) is 11.1 Å². The largest absolute Gasteiger partial charge is 0.460 e. The van der Waals surface area contributed by atoms with E-state index in [1.165, 1.54) is 0 Å². The first-order valence-electron chi connectivity index (χ1n) is 6.20. The van der Waals surface area contributed by atoms with Gasteiger partial charge in [0.25, 0.3) is 5.78 Å². The van der Waals surface area contributed by atoms with Gasteiger partial charge < -0.3 is 4.74 Å². The Kier molecular flexibility index (Phi) is 4.53. The topological polar surface area (TPSA) is 43.4 Å². The maximum Gasteiger partial charge on any atom is 0.379 e. The van der Waals surface area contributed by atoms with E-state index in [1.807, 2.05) is 18.2 Å². The highest BCUT2D eigenvalue weighted by molar-refractivity contribution is 6.40. The van der Waals surface area contributed by atoms with Crippen LogP contribution >= 0.6 is 11.6 Å². The standard InChI is InChI=1S/C16H13ClO3/c1-2-20-16(19)15(18)12-9-7-11(8-10-12)13-5-3-4-6-14(13)17/h3-10H,2H2,1H3. The molecule has 0 aromatic heterocycles.